The summed E-state index contributed by atoms with van der Waals surface area (Å²) in [4.78, 5) is 0. The lowest BCUT2D eigenvalue weighted by atomic mass is 9.74. The number of benzene rings is 1. The maximum Gasteiger partial charge on any atom is 0.0586 e. The second-order valence-corrected chi connectivity index (χ2v) is 5.82. The van der Waals surface area contributed by atoms with Crippen LogP contribution in [0.15, 0.2) is 18.2 Å². The van der Waals surface area contributed by atoms with Gasteiger partial charge in [0.2, 0.25) is 0 Å². The van der Waals surface area contributed by atoms with Crippen LogP contribution in [0.4, 0.5) is 0 Å². The van der Waals surface area contributed by atoms with Gasteiger partial charge in [-0.1, -0.05) is 18.2 Å². The molecule has 0 atom stereocenters. The highest BCUT2D eigenvalue weighted by Crippen LogP contribution is 2.37. The first-order chi connectivity index (χ1) is 8.84. The number of ether oxygens (including phenoxy) is 1. The molecule has 0 spiro atoms. The van der Waals surface area contributed by atoms with Gasteiger partial charge in [-0.25, -0.2) is 0 Å². The van der Waals surface area contributed by atoms with Gasteiger partial charge >= 0.3 is 0 Å². The molecule has 0 bridgehead atoms. The molecule has 18 heavy (non-hydrogen) atoms. The lowest BCUT2D eigenvalue weighted by molar-refractivity contribution is -0.0638. The van der Waals surface area contributed by atoms with Crippen LogP contribution in [0.25, 0.3) is 0 Å². The second kappa shape index (κ2) is 5.02. The van der Waals surface area contributed by atoms with Gasteiger partial charge in [-0.2, -0.15) is 0 Å². The van der Waals surface area contributed by atoms with Gasteiger partial charge in [-0.3, -0.25) is 0 Å². The minimum Gasteiger partial charge on any atom is -0.379 e. The molecule has 0 unspecified atom stereocenters. The molecule has 1 fully saturated rings. The van der Waals surface area contributed by atoms with Gasteiger partial charge in [0.25, 0.3) is 0 Å². The smallest absolute Gasteiger partial charge is 0.0586 e. The van der Waals surface area contributed by atoms with E-state index in [0.29, 0.717) is 0 Å². The molecule has 1 heterocycles. The Kier molecular flexibility index (Phi) is 3.40. The van der Waals surface area contributed by atoms with Crippen molar-refractivity contribution in [2.24, 2.45) is 0 Å². The quantitative estimate of drug-likeness (QED) is 0.879. The Labute approximate surface area is 110 Å². The van der Waals surface area contributed by atoms with Crippen molar-refractivity contribution in [3.8, 4) is 0 Å². The van der Waals surface area contributed by atoms with Gasteiger partial charge in [0, 0.05) is 5.41 Å². The van der Waals surface area contributed by atoms with Crippen molar-refractivity contribution >= 4 is 0 Å². The number of nitrogens with one attached hydrogen (secondary N) is 1. The van der Waals surface area contributed by atoms with Gasteiger partial charge in [0.1, 0.15) is 0 Å². The molecular weight excluding hydrogens is 222 g/mol. The van der Waals surface area contributed by atoms with Crippen LogP contribution in [0.2, 0.25) is 0 Å². The van der Waals surface area contributed by atoms with Crippen LogP contribution in [0.5, 0.6) is 0 Å². The van der Waals surface area contributed by atoms with Gasteiger partial charge < -0.3 is 10.1 Å². The molecule has 0 radical (unpaired) electrons. The number of hydrogen-bond acceptors (Lipinski definition) is 2. The molecule has 0 saturated carbocycles. The molecule has 2 nitrogen and oxygen atoms in total. The molecule has 1 aromatic rings. The Morgan fingerprint density at radius 2 is 1.94 bits per heavy atom. The van der Waals surface area contributed by atoms with Crippen LogP contribution in [-0.2, 0) is 23.0 Å². The summed E-state index contributed by atoms with van der Waals surface area (Å²) in [6.07, 6.45) is 6.45. The normalized spacial score (nSPS) is 21.2. The first kappa shape index (κ1) is 12.2. The van der Waals surface area contributed by atoms with Crippen molar-refractivity contribution in [1.29, 1.82) is 0 Å². The fourth-order valence-corrected chi connectivity index (χ4v) is 3.23. The molecule has 98 valence electrons. The van der Waals surface area contributed by atoms with Crippen molar-refractivity contribution in [3.63, 3.8) is 0 Å². The van der Waals surface area contributed by atoms with E-state index in [9.17, 15) is 0 Å². The summed E-state index contributed by atoms with van der Waals surface area (Å²) in [6.45, 7) is 2.86. The van der Waals surface area contributed by atoms with E-state index in [0.717, 1.165) is 19.8 Å². The Balaban J connectivity index is 1.86. The predicted octanol–water partition coefficient (Wildman–Crippen LogP) is 2.44. The Morgan fingerprint density at radius 3 is 2.61 bits per heavy atom. The number of hydrogen-bond donors (Lipinski definition) is 1. The van der Waals surface area contributed by atoms with E-state index in [2.05, 4.69) is 23.5 Å². The van der Waals surface area contributed by atoms with Gasteiger partial charge in [0.05, 0.1) is 13.2 Å². The SMILES string of the molecule is CNCCC1(c2ccc3c(c2)CCCC3)COC1. The maximum absolute atomic E-state index is 5.51. The molecule has 2 heteroatoms. The summed E-state index contributed by atoms with van der Waals surface area (Å²) in [5.41, 5.74) is 4.96. The first-order valence-electron chi connectivity index (χ1n) is 7.19. The zero-order valence-corrected chi connectivity index (χ0v) is 11.3. The fourth-order valence-electron chi connectivity index (χ4n) is 3.23. The van der Waals surface area contributed by atoms with Crippen molar-refractivity contribution in [3.05, 3.63) is 34.9 Å². The highest BCUT2D eigenvalue weighted by Gasteiger charge is 2.39. The van der Waals surface area contributed by atoms with Crippen LogP contribution in [0.1, 0.15) is 36.0 Å². The maximum atomic E-state index is 5.51. The Morgan fingerprint density at radius 1 is 1.17 bits per heavy atom. The average molecular weight is 245 g/mol. The van der Waals surface area contributed by atoms with E-state index in [1.165, 1.54) is 37.7 Å². The molecule has 1 aliphatic carbocycles. The third-order valence-corrected chi connectivity index (χ3v) is 4.57. The number of fused-ring (bicyclic) bond motifs is 1. The second-order valence-electron chi connectivity index (χ2n) is 5.82. The lowest BCUT2D eigenvalue weighted by Crippen LogP contribution is -2.48. The predicted molar refractivity (Wildman–Crippen MR) is 74.1 cm³/mol. The third-order valence-electron chi connectivity index (χ3n) is 4.57. The Hall–Kier alpha value is -0.860. The lowest BCUT2D eigenvalue weighted by Gasteiger charge is -2.42. The van der Waals surface area contributed by atoms with E-state index in [-0.39, 0.29) is 5.41 Å². The molecule has 2 aliphatic rings. The van der Waals surface area contributed by atoms with E-state index in [1.54, 1.807) is 11.1 Å². The summed E-state index contributed by atoms with van der Waals surface area (Å²) < 4.78 is 5.51. The van der Waals surface area contributed by atoms with E-state index < -0.39 is 0 Å². The molecule has 1 N–H and O–H groups in total. The monoisotopic (exact) mass is 245 g/mol. The summed E-state index contributed by atoms with van der Waals surface area (Å²) in [5.74, 6) is 0. The van der Waals surface area contributed by atoms with Gasteiger partial charge in [-0.05, 0) is 62.4 Å². The van der Waals surface area contributed by atoms with Gasteiger partial charge in [0.15, 0.2) is 0 Å². The topological polar surface area (TPSA) is 21.3 Å². The summed E-state index contributed by atoms with van der Waals surface area (Å²) >= 11 is 0. The van der Waals surface area contributed by atoms with Crippen LogP contribution in [0, 0.1) is 0 Å². The molecule has 3 rings (SSSR count). The standard InChI is InChI=1S/C16H23NO/c1-17-9-8-16(11-18-12-16)15-7-6-13-4-2-3-5-14(13)10-15/h6-7,10,17H,2-5,8-9,11-12H2,1H3. The largest absolute Gasteiger partial charge is 0.379 e. The highest BCUT2D eigenvalue weighted by molar-refractivity contribution is 5.38. The Bertz CT molecular complexity index is 423. The van der Waals surface area contributed by atoms with Crippen LogP contribution < -0.4 is 5.32 Å². The fraction of sp³-hybridized carbons (Fsp3) is 0.625. The molecular formula is C16H23NO. The number of rotatable bonds is 4. The van der Waals surface area contributed by atoms with Crippen molar-refractivity contribution in [2.45, 2.75) is 37.5 Å². The number of aryl methyl sites for hydroxylation is 2. The molecule has 0 amide bonds. The van der Waals surface area contributed by atoms with Crippen LogP contribution in [-0.4, -0.2) is 26.8 Å². The molecule has 1 aliphatic heterocycles. The minimum atomic E-state index is 0.287. The minimum absolute atomic E-state index is 0.287. The first-order valence-corrected chi connectivity index (χ1v) is 7.19. The summed E-state index contributed by atoms with van der Waals surface area (Å²) in [5, 5.41) is 3.27. The van der Waals surface area contributed by atoms with Crippen molar-refractivity contribution in [2.75, 3.05) is 26.8 Å². The molecule has 1 aromatic carbocycles. The van der Waals surface area contributed by atoms with E-state index in [1.807, 2.05) is 7.05 Å². The summed E-state index contributed by atoms with van der Waals surface area (Å²) in [7, 11) is 2.03. The van der Waals surface area contributed by atoms with Crippen LogP contribution >= 0.6 is 0 Å². The van der Waals surface area contributed by atoms with Crippen molar-refractivity contribution in [1.82, 2.24) is 5.32 Å². The zero-order chi connectivity index (χ0) is 12.4. The highest BCUT2D eigenvalue weighted by atomic mass is 16.5. The zero-order valence-electron chi connectivity index (χ0n) is 11.3. The van der Waals surface area contributed by atoms with Crippen molar-refractivity contribution < 1.29 is 4.74 Å². The van der Waals surface area contributed by atoms with Gasteiger partial charge in [-0.15, -0.1) is 0 Å². The molecule has 1 saturated heterocycles. The van der Waals surface area contributed by atoms with Crippen LogP contribution in [0.3, 0.4) is 0 Å². The van der Waals surface area contributed by atoms with E-state index in [4.69, 9.17) is 4.74 Å². The third kappa shape index (κ3) is 2.08. The van der Waals surface area contributed by atoms with E-state index >= 15 is 0 Å². The summed E-state index contributed by atoms with van der Waals surface area (Å²) in [6, 6.07) is 7.18. The average Bonchev–Trinajstić information content (AvgIpc) is 2.37. The molecule has 0 aromatic heterocycles.